The molecule has 1 atom stereocenters. The predicted octanol–water partition coefficient (Wildman–Crippen LogP) is 4.70. The minimum Gasteiger partial charge on any atom is -0.489 e. The molecule has 0 amide bonds. The maximum atomic E-state index is 13.2. The standard InChI is InChI=1S/C26H20FNO4/c1-28-22-5-3-2-4-20(22)25-24(26(28)30)21(14-23(29)32-25)17-8-12-19(13-9-17)31-15-16-6-10-18(27)11-7-16/h2-13,21H,14-15H2,1H3. The molecule has 0 saturated heterocycles. The number of fused-ring (bicyclic) bond motifs is 3. The Hall–Kier alpha value is -3.93. The fourth-order valence-corrected chi connectivity index (χ4v) is 4.16. The maximum Gasteiger partial charge on any atom is 0.312 e. The van der Waals surface area contributed by atoms with Gasteiger partial charge in [0.2, 0.25) is 0 Å². The second kappa shape index (κ2) is 7.96. The zero-order chi connectivity index (χ0) is 22.2. The number of aryl methyl sites for hydroxylation is 1. The maximum absolute atomic E-state index is 13.2. The lowest BCUT2D eigenvalue weighted by atomic mass is 9.86. The topological polar surface area (TPSA) is 57.5 Å². The van der Waals surface area contributed by atoms with Crippen LogP contribution >= 0.6 is 0 Å². The van der Waals surface area contributed by atoms with Crippen LogP contribution in [-0.2, 0) is 18.4 Å². The summed E-state index contributed by atoms with van der Waals surface area (Å²) >= 11 is 0. The molecule has 1 aliphatic rings. The number of hydrogen-bond acceptors (Lipinski definition) is 4. The summed E-state index contributed by atoms with van der Waals surface area (Å²) in [5, 5.41) is 0.738. The quantitative estimate of drug-likeness (QED) is 0.442. The molecule has 4 aromatic rings. The fraction of sp³-hybridized carbons (Fsp3) is 0.154. The zero-order valence-electron chi connectivity index (χ0n) is 17.4. The Balaban J connectivity index is 1.47. The van der Waals surface area contributed by atoms with Crippen molar-refractivity contribution in [2.75, 3.05) is 0 Å². The Labute approximate surface area is 183 Å². The molecule has 6 heteroatoms. The van der Waals surface area contributed by atoms with Crippen LogP contribution in [0.5, 0.6) is 11.5 Å². The zero-order valence-corrected chi connectivity index (χ0v) is 17.4. The average molecular weight is 429 g/mol. The van der Waals surface area contributed by atoms with E-state index in [9.17, 15) is 14.0 Å². The number of para-hydroxylation sites is 1. The van der Waals surface area contributed by atoms with E-state index in [1.54, 1.807) is 23.7 Å². The highest BCUT2D eigenvalue weighted by molar-refractivity contribution is 5.91. The predicted molar refractivity (Wildman–Crippen MR) is 118 cm³/mol. The van der Waals surface area contributed by atoms with E-state index in [0.29, 0.717) is 29.2 Å². The van der Waals surface area contributed by atoms with E-state index >= 15 is 0 Å². The van der Waals surface area contributed by atoms with Gasteiger partial charge in [-0.15, -0.1) is 0 Å². The van der Waals surface area contributed by atoms with Crippen molar-refractivity contribution in [3.05, 3.63) is 106 Å². The number of carbonyl (C=O) groups excluding carboxylic acids is 1. The molecule has 1 aromatic heterocycles. The SMILES string of the molecule is Cn1c(=O)c2c(c3ccccc31)OC(=O)CC2c1ccc(OCc2ccc(F)cc2)cc1. The number of rotatable bonds is 4. The molecule has 5 nitrogen and oxygen atoms in total. The molecule has 32 heavy (non-hydrogen) atoms. The third kappa shape index (κ3) is 3.54. The Morgan fingerprint density at radius 1 is 1.00 bits per heavy atom. The summed E-state index contributed by atoms with van der Waals surface area (Å²) in [5.74, 6) is -0.0637. The lowest BCUT2D eigenvalue weighted by molar-refractivity contribution is -0.135. The van der Waals surface area contributed by atoms with Crippen molar-refractivity contribution in [2.24, 2.45) is 7.05 Å². The minimum absolute atomic E-state index is 0.0936. The van der Waals surface area contributed by atoms with Crippen LogP contribution in [0.2, 0.25) is 0 Å². The average Bonchev–Trinajstić information content (AvgIpc) is 2.82. The van der Waals surface area contributed by atoms with Gasteiger partial charge in [0.15, 0.2) is 0 Å². The first-order valence-corrected chi connectivity index (χ1v) is 10.3. The number of esters is 1. The van der Waals surface area contributed by atoms with Crippen LogP contribution in [0.4, 0.5) is 4.39 Å². The Morgan fingerprint density at radius 2 is 1.72 bits per heavy atom. The lowest BCUT2D eigenvalue weighted by Gasteiger charge is -2.26. The minimum atomic E-state index is -0.402. The Bertz CT molecular complexity index is 1370. The van der Waals surface area contributed by atoms with Crippen LogP contribution in [0, 0.1) is 5.82 Å². The number of benzene rings is 3. The summed E-state index contributed by atoms with van der Waals surface area (Å²) in [5.41, 5.74) is 2.73. The van der Waals surface area contributed by atoms with Gasteiger partial charge in [0.1, 0.15) is 23.9 Å². The van der Waals surface area contributed by atoms with Crippen molar-refractivity contribution in [3.63, 3.8) is 0 Å². The van der Waals surface area contributed by atoms with Gasteiger partial charge in [-0.2, -0.15) is 0 Å². The first-order valence-electron chi connectivity index (χ1n) is 10.3. The van der Waals surface area contributed by atoms with Gasteiger partial charge >= 0.3 is 5.97 Å². The third-order valence-electron chi connectivity index (χ3n) is 5.83. The first-order chi connectivity index (χ1) is 15.5. The number of carbonyl (C=O) groups is 1. The summed E-state index contributed by atoms with van der Waals surface area (Å²) in [4.78, 5) is 25.6. The third-order valence-corrected chi connectivity index (χ3v) is 5.83. The van der Waals surface area contributed by atoms with E-state index in [4.69, 9.17) is 9.47 Å². The second-order valence-electron chi connectivity index (χ2n) is 7.84. The van der Waals surface area contributed by atoms with Gasteiger partial charge < -0.3 is 14.0 Å². The number of hydrogen-bond donors (Lipinski definition) is 0. The Kier molecular flexibility index (Phi) is 4.98. The monoisotopic (exact) mass is 429 g/mol. The molecular formula is C26H20FNO4. The highest BCUT2D eigenvalue weighted by Gasteiger charge is 2.33. The van der Waals surface area contributed by atoms with Crippen molar-refractivity contribution in [2.45, 2.75) is 18.9 Å². The molecule has 3 aromatic carbocycles. The van der Waals surface area contributed by atoms with E-state index in [0.717, 1.165) is 16.5 Å². The van der Waals surface area contributed by atoms with Crippen molar-refractivity contribution >= 4 is 16.9 Å². The smallest absolute Gasteiger partial charge is 0.312 e. The van der Waals surface area contributed by atoms with E-state index in [2.05, 4.69) is 0 Å². The largest absolute Gasteiger partial charge is 0.489 e. The molecule has 0 fully saturated rings. The molecule has 0 saturated carbocycles. The van der Waals surface area contributed by atoms with Crippen molar-refractivity contribution < 1.29 is 18.7 Å². The van der Waals surface area contributed by atoms with Crippen LogP contribution in [0.3, 0.4) is 0 Å². The molecule has 2 heterocycles. The number of halogens is 1. The van der Waals surface area contributed by atoms with Crippen LogP contribution < -0.4 is 15.0 Å². The van der Waals surface area contributed by atoms with E-state index in [1.807, 2.05) is 48.5 Å². The van der Waals surface area contributed by atoms with Gasteiger partial charge in [-0.25, -0.2) is 4.39 Å². The normalized spacial score (nSPS) is 15.3. The molecule has 0 spiro atoms. The van der Waals surface area contributed by atoms with Gasteiger partial charge in [-0.1, -0.05) is 36.4 Å². The van der Waals surface area contributed by atoms with Crippen molar-refractivity contribution in [1.82, 2.24) is 4.57 Å². The van der Waals surface area contributed by atoms with Crippen molar-refractivity contribution in [1.29, 1.82) is 0 Å². The van der Waals surface area contributed by atoms with E-state index < -0.39 is 5.92 Å². The molecular weight excluding hydrogens is 409 g/mol. The molecule has 0 bridgehead atoms. The summed E-state index contributed by atoms with van der Waals surface area (Å²) in [7, 11) is 1.73. The Morgan fingerprint density at radius 3 is 2.47 bits per heavy atom. The fourth-order valence-electron chi connectivity index (χ4n) is 4.16. The second-order valence-corrected chi connectivity index (χ2v) is 7.84. The summed E-state index contributed by atoms with van der Waals surface area (Å²) in [6.07, 6.45) is 0.0936. The summed E-state index contributed by atoms with van der Waals surface area (Å²) in [6, 6.07) is 20.9. The van der Waals surface area contributed by atoms with Gasteiger partial charge in [-0.05, 0) is 47.5 Å². The van der Waals surface area contributed by atoms with Gasteiger partial charge in [0, 0.05) is 18.4 Å². The van der Waals surface area contributed by atoms with Crippen LogP contribution in [0.15, 0.2) is 77.6 Å². The van der Waals surface area contributed by atoms with E-state index in [1.165, 1.54) is 12.1 Å². The molecule has 160 valence electrons. The number of pyridine rings is 1. The molecule has 0 radical (unpaired) electrons. The van der Waals surface area contributed by atoms with Crippen LogP contribution in [-0.4, -0.2) is 10.5 Å². The number of aromatic nitrogens is 1. The highest BCUT2D eigenvalue weighted by atomic mass is 19.1. The highest BCUT2D eigenvalue weighted by Crippen LogP contribution is 2.40. The molecule has 0 aliphatic carbocycles. The first kappa shape index (κ1) is 20.0. The molecule has 0 N–H and O–H groups in total. The number of nitrogens with zero attached hydrogens (tertiary/aromatic N) is 1. The van der Waals surface area contributed by atoms with Gasteiger partial charge in [-0.3, -0.25) is 9.59 Å². The molecule has 1 aliphatic heterocycles. The number of ether oxygens (including phenoxy) is 2. The van der Waals surface area contributed by atoms with Gasteiger partial charge in [0.25, 0.3) is 5.56 Å². The van der Waals surface area contributed by atoms with Crippen molar-refractivity contribution in [3.8, 4) is 11.5 Å². The lowest BCUT2D eigenvalue weighted by Crippen LogP contribution is -2.31. The van der Waals surface area contributed by atoms with E-state index in [-0.39, 0.29) is 23.8 Å². The molecule has 1 unspecified atom stereocenters. The van der Waals surface area contributed by atoms with Crippen LogP contribution in [0.25, 0.3) is 10.9 Å². The van der Waals surface area contributed by atoms with Crippen LogP contribution in [0.1, 0.15) is 29.0 Å². The van der Waals surface area contributed by atoms with Gasteiger partial charge in [0.05, 0.1) is 17.5 Å². The summed E-state index contributed by atoms with van der Waals surface area (Å²) in [6.45, 7) is 0.310. The molecule has 5 rings (SSSR count). The summed E-state index contributed by atoms with van der Waals surface area (Å²) < 4.78 is 26.0.